The first-order chi connectivity index (χ1) is 17.7. The number of hydrogen-bond donors (Lipinski definition) is 4. The lowest BCUT2D eigenvalue weighted by Crippen LogP contribution is -2.45. The van der Waals surface area contributed by atoms with Crippen LogP contribution in [0.5, 0.6) is 0 Å². The molecule has 2 aromatic rings. The topological polar surface area (TPSA) is 111 Å². The summed E-state index contributed by atoms with van der Waals surface area (Å²) in [4.78, 5) is 14.5. The van der Waals surface area contributed by atoms with E-state index >= 15 is 0 Å². The molecular formula is C26H35ClFN3O5S. The average molecular weight is 556 g/mol. The number of carbonyl (C=O) groups is 1. The molecule has 0 radical (unpaired) electrons. The summed E-state index contributed by atoms with van der Waals surface area (Å²) in [5.74, 6) is -0.721. The molecule has 1 fully saturated rings. The van der Waals surface area contributed by atoms with Gasteiger partial charge in [0.1, 0.15) is 16.8 Å². The fourth-order valence-corrected chi connectivity index (χ4v) is 4.59. The smallest absolute Gasteiger partial charge is 0.187 e. The van der Waals surface area contributed by atoms with Crippen molar-refractivity contribution in [1.29, 1.82) is 0 Å². The number of hydrogen-bond acceptors (Lipinski definition) is 7. The molecule has 0 spiro atoms. The van der Waals surface area contributed by atoms with Crippen molar-refractivity contribution in [1.82, 2.24) is 5.48 Å². The number of halogens is 2. The van der Waals surface area contributed by atoms with Crippen LogP contribution in [0.1, 0.15) is 38.1 Å². The molecule has 4 N–H and O–H groups in total. The van der Waals surface area contributed by atoms with Crippen molar-refractivity contribution in [3.8, 4) is 0 Å². The highest BCUT2D eigenvalue weighted by Gasteiger charge is 2.24. The molecule has 0 bridgehead atoms. The van der Waals surface area contributed by atoms with Crippen LogP contribution in [0.2, 0.25) is 5.02 Å². The average Bonchev–Trinajstić information content (AvgIpc) is 2.86. The first-order valence-corrected chi connectivity index (χ1v) is 13.0. The summed E-state index contributed by atoms with van der Waals surface area (Å²) in [5, 5.41) is 15.1. The van der Waals surface area contributed by atoms with Gasteiger partial charge in [0.05, 0.1) is 28.5 Å². The van der Waals surface area contributed by atoms with E-state index in [2.05, 4.69) is 4.72 Å². The second-order valence-corrected chi connectivity index (χ2v) is 9.48. The number of ketones is 1. The number of aliphatic hydroxyl groups excluding tert-OH is 1. The van der Waals surface area contributed by atoms with Gasteiger partial charge in [-0.2, -0.15) is 0 Å². The van der Waals surface area contributed by atoms with Crippen LogP contribution in [0, 0.1) is 5.82 Å². The summed E-state index contributed by atoms with van der Waals surface area (Å²) in [6.07, 6.45) is 6.15. The lowest BCUT2D eigenvalue weighted by Gasteiger charge is -2.37. The third kappa shape index (κ3) is 10.3. The zero-order valence-corrected chi connectivity index (χ0v) is 23.1. The maximum atomic E-state index is 14.8. The van der Waals surface area contributed by atoms with Crippen molar-refractivity contribution in [2.45, 2.75) is 44.8 Å². The van der Waals surface area contributed by atoms with Crippen LogP contribution in [0.3, 0.4) is 0 Å². The number of nitrogens with zero attached hydrogens (tertiary/aromatic N) is 1. The van der Waals surface area contributed by atoms with Crippen molar-refractivity contribution in [2.24, 2.45) is 0 Å². The van der Waals surface area contributed by atoms with Crippen LogP contribution < -0.4 is 15.1 Å². The number of carbonyl (C=O) groups excluding carboxylic acids is 1. The van der Waals surface area contributed by atoms with Gasteiger partial charge in [-0.1, -0.05) is 23.8 Å². The number of anilines is 2. The van der Waals surface area contributed by atoms with Crippen molar-refractivity contribution in [3.05, 3.63) is 77.2 Å². The molecule has 3 atom stereocenters. The molecule has 8 nitrogen and oxygen atoms in total. The molecule has 1 unspecified atom stereocenters. The molecule has 0 amide bonds. The zero-order chi connectivity index (χ0) is 28.0. The predicted octanol–water partition coefficient (Wildman–Crippen LogP) is 5.09. The van der Waals surface area contributed by atoms with Crippen LogP contribution in [0.4, 0.5) is 15.8 Å². The van der Waals surface area contributed by atoms with Crippen LogP contribution in [0.25, 0.3) is 0 Å². The number of ether oxygens (including phenoxy) is 1. The highest BCUT2D eigenvalue weighted by molar-refractivity contribution is 7.86. The quantitative estimate of drug-likeness (QED) is 0.214. The highest BCUT2D eigenvalue weighted by atomic mass is 35.5. The number of nitrogens with one attached hydrogen (secondary N) is 2. The lowest BCUT2D eigenvalue weighted by atomic mass is 10.1. The van der Waals surface area contributed by atoms with Gasteiger partial charge in [-0.3, -0.25) is 15.5 Å². The largest absolute Gasteiger partial charge is 0.400 e. The SMILES string of the molecule is C/C=C/C(=O)c1cc(Cl)ccc1NS(=O)c1ccc(N2C[C@@H](C)O[C@@H](C)C2)c(F)c1.C/C=C\NO.CO. The predicted molar refractivity (Wildman–Crippen MR) is 147 cm³/mol. The van der Waals surface area contributed by atoms with E-state index in [1.54, 1.807) is 43.3 Å². The molecule has 3 rings (SSSR count). The molecule has 1 heterocycles. The summed E-state index contributed by atoms with van der Waals surface area (Å²) < 4.78 is 36.1. The van der Waals surface area contributed by atoms with E-state index in [1.807, 2.05) is 31.2 Å². The Morgan fingerprint density at radius 3 is 2.30 bits per heavy atom. The van der Waals surface area contributed by atoms with Gasteiger partial charge in [0, 0.05) is 37.0 Å². The van der Waals surface area contributed by atoms with E-state index in [0.29, 0.717) is 35.1 Å². The van der Waals surface area contributed by atoms with Gasteiger partial charge in [0.15, 0.2) is 5.78 Å². The second kappa shape index (κ2) is 16.9. The van der Waals surface area contributed by atoms with Gasteiger partial charge >= 0.3 is 0 Å². The standard InChI is InChI=1S/C22H24ClFN2O3S.C3H7NO.CH4O/c1-4-5-22(27)18-10-16(23)6-8-20(18)25-30(28)17-7-9-21(19(24)11-17)26-12-14(2)29-15(3)13-26;1-2-3-4-5;1-2/h4-11,14-15,25H,12-13H2,1-3H3;2-5H,1H3;2H,1H3/b5-4+;3-2-;/t14-,15+,30?;;. The Morgan fingerprint density at radius 1 is 1.14 bits per heavy atom. The maximum Gasteiger partial charge on any atom is 0.187 e. The van der Waals surface area contributed by atoms with E-state index in [9.17, 15) is 13.4 Å². The molecule has 37 heavy (non-hydrogen) atoms. The summed E-state index contributed by atoms with van der Waals surface area (Å²) in [7, 11) is -0.762. The Morgan fingerprint density at radius 2 is 1.78 bits per heavy atom. The Hall–Kier alpha value is -2.76. The zero-order valence-electron chi connectivity index (χ0n) is 21.6. The molecule has 2 aromatic carbocycles. The number of rotatable bonds is 7. The normalized spacial score (nSPS) is 17.9. The van der Waals surface area contributed by atoms with Gasteiger partial charge < -0.3 is 19.5 Å². The number of morpholine rings is 1. The van der Waals surface area contributed by atoms with Crippen LogP contribution in [-0.2, 0) is 15.7 Å². The van der Waals surface area contributed by atoms with E-state index < -0.39 is 16.8 Å². The Kier molecular flexibility index (Phi) is 14.7. The van der Waals surface area contributed by atoms with Gasteiger partial charge in [-0.25, -0.2) is 8.60 Å². The Bertz CT molecular complexity index is 1090. The van der Waals surface area contributed by atoms with Crippen molar-refractivity contribution < 1.29 is 28.4 Å². The lowest BCUT2D eigenvalue weighted by molar-refractivity contribution is -0.00540. The van der Waals surface area contributed by atoms with E-state index in [-0.39, 0.29) is 22.9 Å². The monoisotopic (exact) mass is 555 g/mol. The van der Waals surface area contributed by atoms with Gasteiger partial charge in [-0.05, 0) is 70.2 Å². The van der Waals surface area contributed by atoms with Crippen molar-refractivity contribution >= 4 is 39.7 Å². The third-order valence-electron chi connectivity index (χ3n) is 4.90. The van der Waals surface area contributed by atoms with Gasteiger partial charge in [-0.15, -0.1) is 0 Å². The number of hydroxylamine groups is 1. The van der Waals surface area contributed by atoms with Gasteiger partial charge in [0.25, 0.3) is 0 Å². The molecule has 0 aromatic heterocycles. The fraction of sp³-hybridized carbons (Fsp3) is 0.346. The third-order valence-corrected chi connectivity index (χ3v) is 6.22. The van der Waals surface area contributed by atoms with Gasteiger partial charge in [0.2, 0.25) is 0 Å². The molecule has 11 heteroatoms. The molecular weight excluding hydrogens is 521 g/mol. The first-order valence-electron chi connectivity index (χ1n) is 11.5. The number of aliphatic hydroxyl groups is 1. The van der Waals surface area contributed by atoms with E-state index in [4.69, 9.17) is 26.7 Å². The number of benzene rings is 2. The van der Waals surface area contributed by atoms with E-state index in [0.717, 1.165) is 7.11 Å². The summed E-state index contributed by atoms with van der Waals surface area (Å²) in [6, 6.07) is 9.19. The maximum absolute atomic E-state index is 14.8. The summed E-state index contributed by atoms with van der Waals surface area (Å²) in [5.41, 5.74) is 2.94. The Labute approximate surface area is 225 Å². The molecule has 1 saturated heterocycles. The minimum atomic E-state index is -1.76. The van der Waals surface area contributed by atoms with Crippen molar-refractivity contribution in [2.75, 3.05) is 29.8 Å². The highest BCUT2D eigenvalue weighted by Crippen LogP contribution is 2.27. The van der Waals surface area contributed by atoms with E-state index in [1.165, 1.54) is 24.4 Å². The molecule has 1 aliphatic rings. The minimum absolute atomic E-state index is 0.00154. The Balaban J connectivity index is 0.000000874. The number of allylic oxidation sites excluding steroid dienone is 3. The second-order valence-electron chi connectivity index (χ2n) is 7.83. The molecule has 0 saturated carbocycles. The van der Waals surface area contributed by atoms with Crippen LogP contribution >= 0.6 is 11.6 Å². The summed E-state index contributed by atoms with van der Waals surface area (Å²) >= 11 is 6.00. The van der Waals surface area contributed by atoms with Crippen LogP contribution in [-0.4, -0.2) is 52.7 Å². The van der Waals surface area contributed by atoms with Crippen molar-refractivity contribution in [3.63, 3.8) is 0 Å². The first kappa shape index (κ1) is 32.3. The summed E-state index contributed by atoms with van der Waals surface area (Å²) in [6.45, 7) is 8.61. The molecule has 1 aliphatic heterocycles. The van der Waals surface area contributed by atoms with Crippen LogP contribution in [0.15, 0.2) is 65.7 Å². The minimum Gasteiger partial charge on any atom is -0.400 e. The fourth-order valence-electron chi connectivity index (χ4n) is 3.52. The molecule has 204 valence electrons. The molecule has 0 aliphatic carbocycles.